The lowest BCUT2D eigenvalue weighted by molar-refractivity contribution is -0.139. The van der Waals surface area contributed by atoms with E-state index in [1.165, 1.54) is 0 Å². The van der Waals surface area contributed by atoms with E-state index in [2.05, 4.69) is 11.2 Å². The molecule has 108 valence electrons. The van der Waals surface area contributed by atoms with Crippen LogP contribution in [0.15, 0.2) is 0 Å². The summed E-state index contributed by atoms with van der Waals surface area (Å²) in [5, 5.41) is 11.4. The van der Waals surface area contributed by atoms with E-state index in [1.54, 1.807) is 20.8 Å². The van der Waals surface area contributed by atoms with Crippen LogP contribution in [-0.4, -0.2) is 28.8 Å². The molecule has 0 aliphatic carbocycles. The Labute approximate surface area is 114 Å². The number of unbranched alkanes of at least 4 members (excludes halogenated alkanes) is 3. The van der Waals surface area contributed by atoms with Crippen LogP contribution < -0.4 is 5.32 Å². The highest BCUT2D eigenvalue weighted by Gasteiger charge is 2.23. The zero-order valence-corrected chi connectivity index (χ0v) is 11.9. The molecule has 0 fully saturated rings. The number of alkyl carbamates (subject to hydrolysis) is 1. The Morgan fingerprint density at radius 1 is 1.32 bits per heavy atom. The van der Waals surface area contributed by atoms with Crippen LogP contribution in [0.1, 0.15) is 52.9 Å². The minimum atomic E-state index is -1.05. The van der Waals surface area contributed by atoms with E-state index in [9.17, 15) is 9.59 Å². The molecule has 0 spiro atoms. The minimum absolute atomic E-state index is 0.374. The van der Waals surface area contributed by atoms with Crippen LogP contribution in [0.4, 0.5) is 4.79 Å². The molecule has 0 rings (SSSR count). The summed E-state index contributed by atoms with van der Waals surface area (Å²) in [6.07, 6.45) is 7.91. The number of carbonyl (C=O) groups excluding carboxylic acids is 1. The molecule has 0 aliphatic heterocycles. The van der Waals surface area contributed by atoms with Crippen molar-refractivity contribution >= 4 is 12.1 Å². The molecule has 19 heavy (non-hydrogen) atoms. The summed E-state index contributed by atoms with van der Waals surface area (Å²) in [4.78, 5) is 22.5. The lowest BCUT2D eigenvalue weighted by atomic mass is 10.1. The van der Waals surface area contributed by atoms with E-state index < -0.39 is 23.7 Å². The molecule has 2 N–H and O–H groups in total. The summed E-state index contributed by atoms with van der Waals surface area (Å²) < 4.78 is 5.02. The van der Waals surface area contributed by atoms with Crippen molar-refractivity contribution in [3.63, 3.8) is 0 Å². The third-order valence-corrected chi connectivity index (χ3v) is 2.30. The number of carboxylic acid groups (broad SMARTS) is 1. The van der Waals surface area contributed by atoms with Gasteiger partial charge in [0, 0.05) is 6.42 Å². The first-order valence-corrected chi connectivity index (χ1v) is 6.42. The maximum absolute atomic E-state index is 11.5. The number of hydrogen-bond acceptors (Lipinski definition) is 3. The van der Waals surface area contributed by atoms with Gasteiger partial charge in [-0.1, -0.05) is 12.8 Å². The standard InChI is InChI=1S/C14H23NO4/c1-5-6-7-8-9-10-11(12(16)17)15-13(18)19-14(2,3)4/h1,11H,6-10H2,2-4H3,(H,15,18)(H,16,17). The predicted molar refractivity (Wildman–Crippen MR) is 72.7 cm³/mol. The molecule has 1 atom stereocenters. The summed E-state index contributed by atoms with van der Waals surface area (Å²) in [6, 6.07) is -0.916. The van der Waals surface area contributed by atoms with E-state index in [0.717, 1.165) is 12.8 Å². The normalized spacial score (nSPS) is 12.3. The van der Waals surface area contributed by atoms with Gasteiger partial charge in [0.2, 0.25) is 0 Å². The molecule has 0 radical (unpaired) electrons. The largest absolute Gasteiger partial charge is 0.480 e. The van der Waals surface area contributed by atoms with Crippen molar-refractivity contribution in [3.8, 4) is 12.3 Å². The van der Waals surface area contributed by atoms with Gasteiger partial charge in [-0.2, -0.15) is 0 Å². The van der Waals surface area contributed by atoms with E-state index >= 15 is 0 Å². The average molecular weight is 269 g/mol. The number of carboxylic acids is 1. The molecule has 1 amide bonds. The van der Waals surface area contributed by atoms with E-state index in [0.29, 0.717) is 19.3 Å². The first-order chi connectivity index (χ1) is 8.76. The van der Waals surface area contributed by atoms with Crippen molar-refractivity contribution in [1.82, 2.24) is 5.32 Å². The van der Waals surface area contributed by atoms with Crippen LogP contribution in [-0.2, 0) is 9.53 Å². The summed E-state index contributed by atoms with van der Waals surface area (Å²) in [5.74, 6) is 1.48. The number of terminal acetylenes is 1. The van der Waals surface area contributed by atoms with Crippen LogP contribution in [0, 0.1) is 12.3 Å². The molecule has 0 aromatic rings. The van der Waals surface area contributed by atoms with Crippen molar-refractivity contribution in [2.24, 2.45) is 0 Å². The first-order valence-electron chi connectivity index (χ1n) is 6.42. The highest BCUT2D eigenvalue weighted by molar-refractivity contribution is 5.79. The highest BCUT2D eigenvalue weighted by atomic mass is 16.6. The molecule has 0 aromatic heterocycles. The lowest BCUT2D eigenvalue weighted by Crippen LogP contribution is -2.43. The lowest BCUT2D eigenvalue weighted by Gasteiger charge is -2.22. The number of hydrogen-bond donors (Lipinski definition) is 2. The van der Waals surface area contributed by atoms with E-state index in [-0.39, 0.29) is 0 Å². The topological polar surface area (TPSA) is 75.6 Å². The third-order valence-electron chi connectivity index (χ3n) is 2.30. The fraction of sp³-hybridized carbons (Fsp3) is 0.714. The monoisotopic (exact) mass is 269 g/mol. The Balaban J connectivity index is 4.10. The number of amides is 1. The number of carbonyl (C=O) groups is 2. The molecule has 0 saturated carbocycles. The molecule has 1 unspecified atom stereocenters. The van der Waals surface area contributed by atoms with Crippen molar-refractivity contribution in [3.05, 3.63) is 0 Å². The Morgan fingerprint density at radius 2 is 1.95 bits per heavy atom. The fourth-order valence-corrected chi connectivity index (χ4v) is 1.46. The van der Waals surface area contributed by atoms with Crippen LogP contribution >= 0.6 is 0 Å². The van der Waals surface area contributed by atoms with Crippen molar-refractivity contribution in [1.29, 1.82) is 0 Å². The molecule has 0 heterocycles. The smallest absolute Gasteiger partial charge is 0.408 e. The number of ether oxygens (including phenoxy) is 1. The van der Waals surface area contributed by atoms with Crippen LogP contribution in [0.5, 0.6) is 0 Å². The van der Waals surface area contributed by atoms with Gasteiger partial charge in [-0.25, -0.2) is 9.59 Å². The van der Waals surface area contributed by atoms with Gasteiger partial charge in [-0.15, -0.1) is 12.3 Å². The Kier molecular flexibility index (Phi) is 7.66. The van der Waals surface area contributed by atoms with Crippen molar-refractivity contribution in [2.75, 3.05) is 0 Å². The molecule has 0 aliphatic rings. The van der Waals surface area contributed by atoms with Gasteiger partial charge in [0.25, 0.3) is 0 Å². The molecule has 5 heteroatoms. The first kappa shape index (κ1) is 17.3. The van der Waals surface area contributed by atoms with Gasteiger partial charge >= 0.3 is 12.1 Å². The Morgan fingerprint density at radius 3 is 2.42 bits per heavy atom. The SMILES string of the molecule is C#CCCCCCC(NC(=O)OC(C)(C)C)C(=O)O. The average Bonchev–Trinajstić information content (AvgIpc) is 2.24. The Hall–Kier alpha value is -1.70. The summed E-state index contributed by atoms with van der Waals surface area (Å²) in [5.41, 5.74) is -0.639. The maximum Gasteiger partial charge on any atom is 0.408 e. The quantitative estimate of drug-likeness (QED) is 0.550. The summed E-state index contributed by atoms with van der Waals surface area (Å²) >= 11 is 0. The Bertz CT molecular complexity index is 338. The molecular formula is C14H23NO4. The third kappa shape index (κ3) is 9.95. The fourth-order valence-electron chi connectivity index (χ4n) is 1.46. The van der Waals surface area contributed by atoms with Gasteiger partial charge in [-0.3, -0.25) is 0 Å². The van der Waals surface area contributed by atoms with Gasteiger partial charge in [0.05, 0.1) is 0 Å². The van der Waals surface area contributed by atoms with Gasteiger partial charge in [0.1, 0.15) is 11.6 Å². The molecule has 0 bridgehead atoms. The van der Waals surface area contributed by atoms with Crippen molar-refractivity contribution < 1.29 is 19.4 Å². The molecule has 0 aromatic carbocycles. The predicted octanol–water partition coefficient (Wildman–Crippen LogP) is 2.55. The van der Waals surface area contributed by atoms with E-state index in [1.807, 2.05) is 0 Å². The summed E-state index contributed by atoms with van der Waals surface area (Å²) in [6.45, 7) is 5.17. The molecule has 5 nitrogen and oxygen atoms in total. The highest BCUT2D eigenvalue weighted by Crippen LogP contribution is 2.09. The molecule has 0 saturated heterocycles. The zero-order valence-electron chi connectivity index (χ0n) is 11.9. The van der Waals surface area contributed by atoms with Crippen molar-refractivity contribution in [2.45, 2.75) is 64.5 Å². The second-order valence-corrected chi connectivity index (χ2v) is 5.34. The van der Waals surface area contributed by atoms with Crippen LogP contribution in [0.25, 0.3) is 0 Å². The summed E-state index contributed by atoms with van der Waals surface area (Å²) in [7, 11) is 0. The zero-order chi connectivity index (χ0) is 14.9. The maximum atomic E-state index is 11.5. The van der Waals surface area contributed by atoms with Gasteiger partial charge in [-0.05, 0) is 33.6 Å². The van der Waals surface area contributed by atoms with E-state index in [4.69, 9.17) is 16.3 Å². The minimum Gasteiger partial charge on any atom is -0.480 e. The number of nitrogens with one attached hydrogen (secondary N) is 1. The second-order valence-electron chi connectivity index (χ2n) is 5.34. The van der Waals surface area contributed by atoms with Crippen LogP contribution in [0.3, 0.4) is 0 Å². The van der Waals surface area contributed by atoms with Gasteiger partial charge in [0.15, 0.2) is 0 Å². The van der Waals surface area contributed by atoms with Crippen LogP contribution in [0.2, 0.25) is 0 Å². The van der Waals surface area contributed by atoms with Gasteiger partial charge < -0.3 is 15.2 Å². The number of aliphatic carboxylic acids is 1. The second kappa shape index (κ2) is 8.41. The molecular weight excluding hydrogens is 246 g/mol. The number of rotatable bonds is 7.